The summed E-state index contributed by atoms with van der Waals surface area (Å²) in [5.74, 6) is 0.904. The summed E-state index contributed by atoms with van der Waals surface area (Å²) in [5, 5.41) is 3.98. The van der Waals surface area contributed by atoms with Crippen LogP contribution in [-0.4, -0.2) is 36.3 Å². The van der Waals surface area contributed by atoms with Gasteiger partial charge in [0.25, 0.3) is 15.9 Å². The van der Waals surface area contributed by atoms with Crippen LogP contribution in [-0.2, 0) is 21.8 Å². The van der Waals surface area contributed by atoms with Crippen LogP contribution in [0.25, 0.3) is 0 Å². The lowest BCUT2D eigenvalue weighted by Gasteiger charge is -2.16. The van der Waals surface area contributed by atoms with Gasteiger partial charge >= 0.3 is 0 Å². The van der Waals surface area contributed by atoms with Crippen molar-refractivity contribution < 1.29 is 17.7 Å². The molecule has 0 bridgehead atoms. The summed E-state index contributed by atoms with van der Waals surface area (Å²) < 4.78 is 39.5. The van der Waals surface area contributed by atoms with Gasteiger partial charge in [0.1, 0.15) is 11.1 Å². The van der Waals surface area contributed by atoms with E-state index in [9.17, 15) is 8.42 Å². The normalized spacial score (nSPS) is 22.3. The minimum absolute atomic E-state index is 0.0325. The van der Waals surface area contributed by atoms with Crippen molar-refractivity contribution in [2.75, 3.05) is 13.2 Å². The number of rotatable bonds is 5. The fraction of sp³-hybridized carbons (Fsp3) is 0.538. The van der Waals surface area contributed by atoms with Gasteiger partial charge in [-0.2, -0.15) is 4.98 Å². The highest BCUT2D eigenvalue weighted by atomic mass is 32.2. The Balaban J connectivity index is 1.69. The van der Waals surface area contributed by atoms with Gasteiger partial charge in [-0.3, -0.25) is 0 Å². The van der Waals surface area contributed by atoms with Gasteiger partial charge in [-0.15, -0.1) is 0 Å². The van der Waals surface area contributed by atoms with Gasteiger partial charge in [0.05, 0.1) is 0 Å². The van der Waals surface area contributed by atoms with Gasteiger partial charge in [-0.25, -0.2) is 13.1 Å². The molecule has 1 fully saturated rings. The van der Waals surface area contributed by atoms with Crippen LogP contribution in [0.4, 0.5) is 0 Å². The molecule has 22 heavy (non-hydrogen) atoms. The quantitative estimate of drug-likeness (QED) is 0.871. The van der Waals surface area contributed by atoms with E-state index in [1.165, 1.54) is 0 Å². The zero-order valence-electron chi connectivity index (χ0n) is 12.4. The van der Waals surface area contributed by atoms with E-state index >= 15 is 0 Å². The monoisotopic (exact) mass is 326 g/mol. The molecule has 120 valence electrons. The molecule has 0 spiro atoms. The fourth-order valence-corrected chi connectivity index (χ4v) is 3.84. The standard InChI is InChI=1S/C13H18N4O4S/c1-9-15-13(21-16-9)12-10(5-7-20-12)8-14-22(18,19)11-4-3-6-17(11)2/h3-4,6,10,12,14H,5,7-8H2,1-2H3/t10-,12-/m0/s1. The van der Waals surface area contributed by atoms with Crippen LogP contribution in [0.15, 0.2) is 27.9 Å². The number of nitrogens with one attached hydrogen (secondary N) is 1. The largest absolute Gasteiger partial charge is 0.368 e. The van der Waals surface area contributed by atoms with Crippen LogP contribution in [0.3, 0.4) is 0 Å². The average Bonchev–Trinajstić information content (AvgIpc) is 3.16. The fourth-order valence-electron chi connectivity index (χ4n) is 2.56. The van der Waals surface area contributed by atoms with Crippen molar-refractivity contribution in [3.63, 3.8) is 0 Å². The van der Waals surface area contributed by atoms with Crippen molar-refractivity contribution in [1.82, 2.24) is 19.4 Å². The van der Waals surface area contributed by atoms with Crippen LogP contribution in [0.1, 0.15) is 24.2 Å². The summed E-state index contributed by atoms with van der Waals surface area (Å²) in [6.45, 7) is 2.54. The van der Waals surface area contributed by atoms with E-state index < -0.39 is 10.0 Å². The van der Waals surface area contributed by atoms with Gasteiger partial charge in [0.15, 0.2) is 5.82 Å². The predicted molar refractivity (Wildman–Crippen MR) is 76.4 cm³/mol. The van der Waals surface area contributed by atoms with Crippen LogP contribution in [0.5, 0.6) is 0 Å². The lowest BCUT2D eigenvalue weighted by Crippen LogP contribution is -2.31. The van der Waals surface area contributed by atoms with Gasteiger partial charge in [0.2, 0.25) is 0 Å². The zero-order chi connectivity index (χ0) is 15.7. The highest BCUT2D eigenvalue weighted by Gasteiger charge is 2.35. The van der Waals surface area contributed by atoms with E-state index in [4.69, 9.17) is 9.26 Å². The molecule has 2 aromatic heterocycles. The van der Waals surface area contributed by atoms with Crippen molar-refractivity contribution in [3.05, 3.63) is 30.0 Å². The predicted octanol–water partition coefficient (Wildman–Crippen LogP) is 0.773. The van der Waals surface area contributed by atoms with Gasteiger partial charge in [-0.05, 0) is 25.5 Å². The van der Waals surface area contributed by atoms with Gasteiger partial charge in [0, 0.05) is 32.3 Å². The molecular formula is C13H18N4O4S. The number of hydrogen-bond acceptors (Lipinski definition) is 6. The minimum Gasteiger partial charge on any atom is -0.368 e. The smallest absolute Gasteiger partial charge is 0.256 e. The highest BCUT2D eigenvalue weighted by Crippen LogP contribution is 2.33. The molecule has 1 aliphatic heterocycles. The second-order valence-corrected chi connectivity index (χ2v) is 7.04. The highest BCUT2D eigenvalue weighted by molar-refractivity contribution is 7.89. The Morgan fingerprint density at radius 3 is 2.95 bits per heavy atom. The number of hydrogen-bond donors (Lipinski definition) is 1. The first-order valence-electron chi connectivity index (χ1n) is 7.00. The molecule has 0 radical (unpaired) electrons. The molecule has 0 unspecified atom stereocenters. The molecular weight excluding hydrogens is 308 g/mol. The van der Waals surface area contributed by atoms with Crippen molar-refractivity contribution >= 4 is 10.0 Å². The summed E-state index contributed by atoms with van der Waals surface area (Å²) in [5.41, 5.74) is 0. The molecule has 3 rings (SSSR count). The van der Waals surface area contributed by atoms with E-state index in [2.05, 4.69) is 14.9 Å². The van der Waals surface area contributed by atoms with Crippen molar-refractivity contribution in [2.45, 2.75) is 24.5 Å². The van der Waals surface area contributed by atoms with Crippen LogP contribution in [0.2, 0.25) is 0 Å². The molecule has 1 saturated heterocycles. The van der Waals surface area contributed by atoms with Crippen molar-refractivity contribution in [2.24, 2.45) is 13.0 Å². The van der Waals surface area contributed by atoms with E-state index in [1.807, 2.05) is 0 Å². The number of sulfonamides is 1. The molecule has 1 N–H and O–H groups in total. The molecule has 1 aliphatic rings. The Bertz CT molecular complexity index is 752. The lowest BCUT2D eigenvalue weighted by atomic mass is 10.0. The third-order valence-electron chi connectivity index (χ3n) is 3.71. The maximum atomic E-state index is 12.3. The van der Waals surface area contributed by atoms with Crippen LogP contribution < -0.4 is 4.72 Å². The van der Waals surface area contributed by atoms with Crippen LogP contribution in [0, 0.1) is 12.8 Å². The molecule has 2 aromatic rings. The molecule has 9 heteroatoms. The maximum absolute atomic E-state index is 12.3. The molecule has 0 amide bonds. The van der Waals surface area contributed by atoms with E-state index in [1.54, 1.807) is 36.9 Å². The molecule has 8 nitrogen and oxygen atoms in total. The van der Waals surface area contributed by atoms with E-state index in [0.29, 0.717) is 18.3 Å². The summed E-state index contributed by atoms with van der Waals surface area (Å²) in [7, 11) is -1.85. The first kappa shape index (κ1) is 15.2. The molecule has 3 heterocycles. The third kappa shape index (κ3) is 2.92. The first-order valence-corrected chi connectivity index (χ1v) is 8.48. The zero-order valence-corrected chi connectivity index (χ0v) is 13.2. The summed E-state index contributed by atoms with van der Waals surface area (Å²) in [6, 6.07) is 3.25. The second-order valence-electron chi connectivity index (χ2n) is 5.33. The van der Waals surface area contributed by atoms with Crippen LogP contribution >= 0.6 is 0 Å². The Hall–Kier alpha value is -1.71. The average molecular weight is 326 g/mol. The number of ether oxygens (including phenoxy) is 1. The maximum Gasteiger partial charge on any atom is 0.256 e. The second kappa shape index (κ2) is 5.82. The minimum atomic E-state index is -3.54. The van der Waals surface area contributed by atoms with E-state index in [-0.39, 0.29) is 23.6 Å². The molecule has 0 aliphatic carbocycles. The summed E-state index contributed by atoms with van der Waals surface area (Å²) >= 11 is 0. The Labute approximate surface area is 128 Å². The van der Waals surface area contributed by atoms with Gasteiger partial charge in [-0.1, -0.05) is 5.16 Å². The van der Waals surface area contributed by atoms with Gasteiger partial charge < -0.3 is 13.8 Å². The number of nitrogens with zero attached hydrogens (tertiary/aromatic N) is 3. The Morgan fingerprint density at radius 1 is 1.50 bits per heavy atom. The third-order valence-corrected chi connectivity index (χ3v) is 5.23. The van der Waals surface area contributed by atoms with Crippen molar-refractivity contribution in [3.8, 4) is 0 Å². The Kier molecular flexibility index (Phi) is 4.02. The molecule has 0 aromatic carbocycles. The summed E-state index contributed by atoms with van der Waals surface area (Å²) in [6.07, 6.45) is 2.07. The van der Waals surface area contributed by atoms with E-state index in [0.717, 1.165) is 6.42 Å². The lowest BCUT2D eigenvalue weighted by molar-refractivity contribution is 0.0635. The number of aromatic nitrogens is 3. The van der Waals surface area contributed by atoms with Crippen molar-refractivity contribution in [1.29, 1.82) is 0 Å². The number of aryl methyl sites for hydroxylation is 2. The first-order chi connectivity index (χ1) is 10.5. The summed E-state index contributed by atoms with van der Waals surface area (Å²) in [4.78, 5) is 4.17. The molecule has 0 saturated carbocycles. The molecule has 2 atom stereocenters. The Morgan fingerprint density at radius 2 is 2.32 bits per heavy atom. The topological polar surface area (TPSA) is 99.3 Å². The SMILES string of the molecule is Cc1noc([C@H]2OCC[C@H]2CNS(=O)(=O)c2cccn2C)n1.